The average molecular weight is 350 g/mol. The first-order valence-electron chi connectivity index (χ1n) is 7.66. The topological polar surface area (TPSA) is 75.5 Å². The second kappa shape index (κ2) is 9.29. The Kier molecular flexibility index (Phi) is 7.07. The van der Waals surface area contributed by atoms with Gasteiger partial charge in [0.25, 0.3) is 0 Å². The molecule has 24 heavy (non-hydrogen) atoms. The molecule has 1 N–H and O–H groups in total. The van der Waals surface area contributed by atoms with E-state index in [0.717, 1.165) is 12.1 Å². The summed E-state index contributed by atoms with van der Waals surface area (Å²) in [5.74, 6) is 1.73. The molecule has 1 fully saturated rings. The molecule has 130 valence electrons. The van der Waals surface area contributed by atoms with Crippen LogP contribution in [0.5, 0.6) is 11.5 Å². The number of benzene rings is 1. The highest BCUT2D eigenvalue weighted by molar-refractivity contribution is 8.15. The smallest absolute Gasteiger partial charge is 0.236 e. The molecule has 1 aliphatic heterocycles. The fraction of sp³-hybridized carbons (Fsp3) is 0.438. The number of likely N-dealkylation sites (N-methyl/N-ethyl adjacent to an activating group) is 1. The Morgan fingerprint density at radius 1 is 1.33 bits per heavy atom. The van der Waals surface area contributed by atoms with Crippen molar-refractivity contribution in [2.45, 2.75) is 6.92 Å². The Bertz CT molecular complexity index is 632. The van der Waals surface area contributed by atoms with Gasteiger partial charge >= 0.3 is 0 Å². The maximum absolute atomic E-state index is 11.1. The number of amides is 1. The average Bonchev–Trinajstić information content (AvgIpc) is 2.95. The molecule has 0 unspecified atom stereocenters. The molecule has 1 amide bonds. The Labute approximate surface area is 146 Å². The Balaban J connectivity index is 2.02. The molecule has 1 aromatic carbocycles. The monoisotopic (exact) mass is 350 g/mol. The highest BCUT2D eigenvalue weighted by Crippen LogP contribution is 2.28. The first-order chi connectivity index (χ1) is 11.6. The maximum Gasteiger partial charge on any atom is 0.236 e. The van der Waals surface area contributed by atoms with Crippen LogP contribution in [-0.4, -0.2) is 61.8 Å². The molecule has 1 aliphatic rings. The van der Waals surface area contributed by atoms with Gasteiger partial charge in [-0.15, -0.1) is 5.10 Å². The van der Waals surface area contributed by atoms with Crippen LogP contribution in [0.2, 0.25) is 0 Å². The van der Waals surface area contributed by atoms with Crippen molar-refractivity contribution in [3.63, 3.8) is 0 Å². The summed E-state index contributed by atoms with van der Waals surface area (Å²) in [6.45, 7) is 3.90. The van der Waals surface area contributed by atoms with Gasteiger partial charge in [0.15, 0.2) is 16.7 Å². The summed E-state index contributed by atoms with van der Waals surface area (Å²) in [4.78, 5) is 13.1. The highest BCUT2D eigenvalue weighted by Gasteiger charge is 2.15. The SMILES string of the molecule is CCOc1cc(C=NN=C2NC(=O)CS2)ccc1OCCN(C)C. The minimum Gasteiger partial charge on any atom is -0.490 e. The lowest BCUT2D eigenvalue weighted by Gasteiger charge is -2.14. The molecule has 7 nitrogen and oxygen atoms in total. The predicted molar refractivity (Wildman–Crippen MR) is 97.3 cm³/mol. The van der Waals surface area contributed by atoms with Gasteiger partial charge in [0.1, 0.15) is 6.61 Å². The van der Waals surface area contributed by atoms with E-state index in [1.54, 1.807) is 6.21 Å². The third-order valence-corrected chi connectivity index (χ3v) is 3.87. The Morgan fingerprint density at radius 2 is 2.17 bits per heavy atom. The fourth-order valence-corrected chi connectivity index (χ4v) is 2.49. The van der Waals surface area contributed by atoms with E-state index in [1.807, 2.05) is 39.2 Å². The van der Waals surface area contributed by atoms with Gasteiger partial charge in [-0.1, -0.05) is 11.8 Å². The molecule has 0 atom stereocenters. The largest absolute Gasteiger partial charge is 0.490 e. The second-order valence-corrected chi connectivity index (χ2v) is 6.24. The van der Waals surface area contributed by atoms with Gasteiger partial charge in [0, 0.05) is 6.54 Å². The molecule has 0 aromatic heterocycles. The number of hydrogen-bond donors (Lipinski definition) is 1. The van der Waals surface area contributed by atoms with Crippen molar-refractivity contribution < 1.29 is 14.3 Å². The van der Waals surface area contributed by atoms with Crippen molar-refractivity contribution in [3.05, 3.63) is 23.8 Å². The molecule has 2 rings (SSSR count). The second-order valence-electron chi connectivity index (χ2n) is 5.28. The molecule has 0 spiro atoms. The number of ether oxygens (including phenoxy) is 2. The van der Waals surface area contributed by atoms with Crippen molar-refractivity contribution in [3.8, 4) is 11.5 Å². The Hall–Kier alpha value is -2.06. The molecule has 8 heteroatoms. The van der Waals surface area contributed by atoms with Crippen LogP contribution in [0, 0.1) is 0 Å². The summed E-state index contributed by atoms with van der Waals surface area (Å²) in [5, 5.41) is 11.1. The van der Waals surface area contributed by atoms with Crippen LogP contribution in [0.15, 0.2) is 28.4 Å². The van der Waals surface area contributed by atoms with Gasteiger partial charge in [-0.25, -0.2) is 0 Å². The summed E-state index contributed by atoms with van der Waals surface area (Å²) in [5.41, 5.74) is 0.845. The quantitative estimate of drug-likeness (QED) is 0.569. The number of carbonyl (C=O) groups excluding carboxylic acids is 1. The molecule has 1 saturated heterocycles. The van der Waals surface area contributed by atoms with Crippen molar-refractivity contribution in [1.29, 1.82) is 0 Å². The van der Waals surface area contributed by atoms with E-state index >= 15 is 0 Å². The van der Waals surface area contributed by atoms with Gasteiger partial charge in [-0.3, -0.25) is 4.79 Å². The van der Waals surface area contributed by atoms with E-state index in [1.165, 1.54) is 11.8 Å². The van der Waals surface area contributed by atoms with E-state index in [9.17, 15) is 4.79 Å². The van der Waals surface area contributed by atoms with Crippen LogP contribution >= 0.6 is 11.8 Å². The van der Waals surface area contributed by atoms with Crippen LogP contribution in [0.4, 0.5) is 0 Å². The summed E-state index contributed by atoms with van der Waals surface area (Å²) < 4.78 is 11.4. The molecule has 0 saturated carbocycles. The predicted octanol–water partition coefficient (Wildman–Crippen LogP) is 1.58. The normalized spacial score (nSPS) is 16.2. The van der Waals surface area contributed by atoms with E-state index in [-0.39, 0.29) is 5.91 Å². The van der Waals surface area contributed by atoms with Crippen molar-refractivity contribution >= 4 is 29.1 Å². The number of carbonyl (C=O) groups is 1. The van der Waals surface area contributed by atoms with Gasteiger partial charge in [0.05, 0.1) is 18.6 Å². The number of amidine groups is 1. The minimum atomic E-state index is -0.0493. The number of nitrogens with zero attached hydrogens (tertiary/aromatic N) is 3. The third kappa shape index (κ3) is 5.86. The van der Waals surface area contributed by atoms with Crippen molar-refractivity contribution in [2.24, 2.45) is 10.2 Å². The molecule has 0 bridgehead atoms. The zero-order chi connectivity index (χ0) is 17.4. The van der Waals surface area contributed by atoms with Crippen LogP contribution in [0.25, 0.3) is 0 Å². The number of thioether (sulfide) groups is 1. The highest BCUT2D eigenvalue weighted by atomic mass is 32.2. The summed E-state index contributed by atoms with van der Waals surface area (Å²) in [6, 6.07) is 5.61. The molecular weight excluding hydrogens is 328 g/mol. The fourth-order valence-electron chi connectivity index (χ4n) is 1.86. The maximum atomic E-state index is 11.1. The van der Waals surface area contributed by atoms with Gasteiger partial charge in [0.2, 0.25) is 5.91 Å². The minimum absolute atomic E-state index is 0.0493. The van der Waals surface area contributed by atoms with Crippen molar-refractivity contribution in [2.75, 3.05) is 39.6 Å². The summed E-state index contributed by atoms with van der Waals surface area (Å²) in [7, 11) is 4.00. The summed E-state index contributed by atoms with van der Waals surface area (Å²) in [6.07, 6.45) is 1.62. The van der Waals surface area contributed by atoms with E-state index < -0.39 is 0 Å². The van der Waals surface area contributed by atoms with Crippen LogP contribution in [-0.2, 0) is 4.79 Å². The van der Waals surface area contributed by atoms with Crippen LogP contribution in [0.3, 0.4) is 0 Å². The van der Waals surface area contributed by atoms with E-state index in [4.69, 9.17) is 9.47 Å². The number of hydrogen-bond acceptors (Lipinski definition) is 7. The first kappa shape index (κ1) is 18.3. The molecule has 0 radical (unpaired) electrons. The molecule has 1 aromatic rings. The lowest BCUT2D eigenvalue weighted by molar-refractivity contribution is -0.116. The van der Waals surface area contributed by atoms with E-state index in [0.29, 0.717) is 35.6 Å². The number of rotatable bonds is 8. The zero-order valence-electron chi connectivity index (χ0n) is 14.1. The first-order valence-corrected chi connectivity index (χ1v) is 8.65. The molecule has 1 heterocycles. The third-order valence-electron chi connectivity index (χ3n) is 3.01. The van der Waals surface area contributed by atoms with E-state index in [2.05, 4.69) is 20.4 Å². The number of nitrogens with one attached hydrogen (secondary N) is 1. The standard InChI is InChI=1S/C16H22N4O3S/c1-4-22-14-9-12(5-6-13(14)23-8-7-20(2)3)10-17-19-16-18-15(21)11-24-16/h5-6,9-10H,4,7-8,11H2,1-3H3,(H,18,19,21). The lowest BCUT2D eigenvalue weighted by Crippen LogP contribution is -2.19. The van der Waals surface area contributed by atoms with Gasteiger partial charge < -0.3 is 19.7 Å². The summed E-state index contributed by atoms with van der Waals surface area (Å²) >= 11 is 1.34. The molecule has 0 aliphatic carbocycles. The van der Waals surface area contributed by atoms with Gasteiger partial charge in [-0.2, -0.15) is 5.10 Å². The molecular formula is C16H22N4O3S. The van der Waals surface area contributed by atoms with Crippen molar-refractivity contribution in [1.82, 2.24) is 10.2 Å². The Morgan fingerprint density at radius 3 is 2.83 bits per heavy atom. The zero-order valence-corrected chi connectivity index (χ0v) is 14.9. The lowest BCUT2D eigenvalue weighted by atomic mass is 10.2. The van der Waals surface area contributed by atoms with Crippen LogP contribution in [0.1, 0.15) is 12.5 Å². The van der Waals surface area contributed by atoms with Crippen LogP contribution < -0.4 is 14.8 Å². The van der Waals surface area contributed by atoms with Gasteiger partial charge in [-0.05, 0) is 44.8 Å².